The van der Waals surface area contributed by atoms with E-state index in [4.69, 9.17) is 25.7 Å². The molecule has 0 saturated carbocycles. The van der Waals surface area contributed by atoms with E-state index in [-0.39, 0.29) is 47.3 Å². The number of ether oxygens (including phenoxy) is 2. The first kappa shape index (κ1) is 38.7. The lowest BCUT2D eigenvalue weighted by Crippen LogP contribution is -2.44. The van der Waals surface area contributed by atoms with Gasteiger partial charge < -0.3 is 31.0 Å². The largest absolute Gasteiger partial charge is 0.513 e. The third-order valence-corrected chi connectivity index (χ3v) is 11.7. The van der Waals surface area contributed by atoms with E-state index in [1.54, 1.807) is 13.8 Å². The topological polar surface area (TPSA) is 165 Å². The van der Waals surface area contributed by atoms with Gasteiger partial charge in [0.1, 0.15) is 23.1 Å². The molecule has 2 saturated heterocycles. The van der Waals surface area contributed by atoms with Crippen LogP contribution < -0.4 is 16.4 Å². The fourth-order valence-electron chi connectivity index (χ4n) is 7.24. The van der Waals surface area contributed by atoms with Gasteiger partial charge in [-0.2, -0.15) is 5.26 Å². The van der Waals surface area contributed by atoms with E-state index in [9.17, 15) is 14.0 Å². The van der Waals surface area contributed by atoms with Gasteiger partial charge >= 0.3 is 0 Å². The Morgan fingerprint density at radius 1 is 1.37 bits per heavy atom. The number of hydrogen-bond acceptors (Lipinski definition) is 12. The van der Waals surface area contributed by atoms with Crippen LogP contribution >= 0.6 is 20.6 Å². The van der Waals surface area contributed by atoms with Gasteiger partial charge in [-0.25, -0.2) is 13.8 Å². The van der Waals surface area contributed by atoms with E-state index in [1.807, 2.05) is 13.8 Å². The zero-order valence-electron chi connectivity index (χ0n) is 29.6. The number of nitrogens with one attached hydrogen (secondary N) is 3. The molecule has 6 N–H and O–H groups in total. The minimum atomic E-state index is -0.842. The molecule has 3 aliphatic heterocycles. The Kier molecular flexibility index (Phi) is 12.4. The maximum absolute atomic E-state index is 14.9. The Labute approximate surface area is 304 Å². The third-order valence-electron chi connectivity index (χ3n) is 10.0. The summed E-state index contributed by atoms with van der Waals surface area (Å²) in [7, 11) is 2.80. The van der Waals surface area contributed by atoms with Crippen LogP contribution in [-0.4, -0.2) is 91.4 Å². The SMILES string of the molecule is C=N/C(NCC(C)=N)=C1/C2=C(COC2)C(c2ncc(F)c3sc(N)c(C#N)c23)=C(P)C1NCOCC12CCCN1CC(F)C2.CC/C(C)=C(\C)O. The van der Waals surface area contributed by atoms with Crippen molar-refractivity contribution in [3.8, 4) is 6.07 Å². The Balaban J connectivity index is 0.000000654. The second-order valence-electron chi connectivity index (χ2n) is 13.4. The Hall–Kier alpha value is -3.57. The maximum Gasteiger partial charge on any atom is 0.159 e. The average Bonchev–Trinajstić information content (AvgIpc) is 3.87. The zero-order valence-corrected chi connectivity index (χ0v) is 31.6. The van der Waals surface area contributed by atoms with Crippen molar-refractivity contribution >= 4 is 53.7 Å². The highest BCUT2D eigenvalue weighted by Crippen LogP contribution is 2.48. The van der Waals surface area contributed by atoms with Crippen LogP contribution in [0.4, 0.5) is 13.8 Å². The second-order valence-corrected chi connectivity index (χ2v) is 15.0. The number of hydrogen-bond donors (Lipinski definition) is 5. The number of fused-ring (bicyclic) bond motifs is 2. The molecule has 4 atom stereocenters. The number of pyridine rings is 1. The molecule has 0 radical (unpaired) electrons. The van der Waals surface area contributed by atoms with Crippen LogP contribution in [-0.2, 0) is 9.47 Å². The average molecular weight is 741 g/mol. The molecule has 0 bridgehead atoms. The predicted molar refractivity (Wildman–Crippen MR) is 203 cm³/mol. The molecule has 11 nitrogen and oxygen atoms in total. The number of alkyl halides is 1. The molecule has 5 heterocycles. The van der Waals surface area contributed by atoms with Gasteiger partial charge in [0.15, 0.2) is 5.82 Å². The van der Waals surface area contributed by atoms with Crippen molar-refractivity contribution in [3.05, 3.63) is 62.5 Å². The molecule has 4 unspecified atom stereocenters. The molecule has 51 heavy (non-hydrogen) atoms. The molecule has 0 spiro atoms. The monoisotopic (exact) mass is 740 g/mol. The second kappa shape index (κ2) is 16.4. The quantitative estimate of drug-likeness (QED) is 0.0601. The number of aromatic nitrogens is 1. The molecule has 1 aliphatic carbocycles. The highest BCUT2D eigenvalue weighted by Gasteiger charge is 2.49. The number of anilines is 1. The number of nitrogen functional groups attached to an aromatic ring is 1. The molecular weight excluding hydrogens is 693 g/mol. The van der Waals surface area contributed by atoms with Crippen molar-refractivity contribution in [2.45, 2.75) is 71.1 Å². The molecule has 274 valence electrons. The van der Waals surface area contributed by atoms with Crippen LogP contribution in [0.15, 0.2) is 50.4 Å². The number of nitrogens with two attached hydrogens (primary N) is 1. The summed E-state index contributed by atoms with van der Waals surface area (Å²) in [5.41, 5.74) is 11.2. The maximum atomic E-state index is 14.9. The lowest BCUT2D eigenvalue weighted by atomic mass is 9.82. The van der Waals surface area contributed by atoms with E-state index in [0.29, 0.717) is 53.5 Å². The zero-order chi connectivity index (χ0) is 37.0. The normalized spacial score (nSPS) is 24.5. The van der Waals surface area contributed by atoms with Crippen molar-refractivity contribution < 1.29 is 23.4 Å². The fourth-order valence-corrected chi connectivity index (χ4v) is 8.76. The van der Waals surface area contributed by atoms with Crippen LogP contribution in [0.3, 0.4) is 0 Å². The Morgan fingerprint density at radius 3 is 2.76 bits per heavy atom. The van der Waals surface area contributed by atoms with Crippen LogP contribution in [0.1, 0.15) is 64.6 Å². The van der Waals surface area contributed by atoms with Gasteiger partial charge in [0.05, 0.1) is 67.1 Å². The van der Waals surface area contributed by atoms with E-state index in [0.717, 1.165) is 70.9 Å². The van der Waals surface area contributed by atoms with Gasteiger partial charge in [-0.15, -0.1) is 20.6 Å². The van der Waals surface area contributed by atoms with Crippen LogP contribution in [0.25, 0.3) is 15.7 Å². The van der Waals surface area contributed by atoms with Gasteiger partial charge in [0, 0.05) is 40.7 Å². The van der Waals surface area contributed by atoms with Crippen molar-refractivity contribution in [2.24, 2.45) is 4.99 Å². The van der Waals surface area contributed by atoms with Gasteiger partial charge in [-0.3, -0.25) is 15.2 Å². The van der Waals surface area contributed by atoms with Gasteiger partial charge in [-0.05, 0) is 75.3 Å². The van der Waals surface area contributed by atoms with Crippen molar-refractivity contribution in [2.75, 3.05) is 51.9 Å². The molecule has 2 fully saturated rings. The number of nitriles is 1. The van der Waals surface area contributed by atoms with Crippen LogP contribution in [0, 0.1) is 22.6 Å². The Bertz CT molecular complexity index is 1880. The molecular formula is C36H47F2N8O3PS. The number of halogens is 2. The highest BCUT2D eigenvalue weighted by atomic mass is 32.1. The summed E-state index contributed by atoms with van der Waals surface area (Å²) in [4.78, 5) is 11.0. The molecule has 0 aromatic carbocycles. The van der Waals surface area contributed by atoms with Gasteiger partial charge in [0.2, 0.25) is 0 Å². The lowest BCUT2D eigenvalue weighted by Gasteiger charge is -2.34. The van der Waals surface area contributed by atoms with E-state index >= 15 is 0 Å². The predicted octanol–water partition coefficient (Wildman–Crippen LogP) is 6.11. The van der Waals surface area contributed by atoms with Crippen molar-refractivity contribution in [3.63, 3.8) is 0 Å². The number of nitrogens with zero attached hydrogens (tertiary/aromatic N) is 4. The highest BCUT2D eigenvalue weighted by molar-refractivity contribution is 7.23. The molecule has 2 aromatic heterocycles. The molecule has 4 aliphatic rings. The first-order chi connectivity index (χ1) is 24.4. The van der Waals surface area contributed by atoms with E-state index in [2.05, 4.69) is 47.5 Å². The number of aliphatic hydroxyl groups excluding tert-OH is 1. The van der Waals surface area contributed by atoms with Crippen LogP contribution in [0.5, 0.6) is 0 Å². The van der Waals surface area contributed by atoms with Gasteiger partial charge in [0.25, 0.3) is 0 Å². The lowest BCUT2D eigenvalue weighted by molar-refractivity contribution is 0.0254. The Morgan fingerprint density at radius 2 is 2.12 bits per heavy atom. The fraction of sp³-hybridized carbons (Fsp3) is 0.500. The van der Waals surface area contributed by atoms with Crippen molar-refractivity contribution in [1.29, 1.82) is 10.7 Å². The minimum absolute atomic E-state index is 0.157. The number of aliphatic imine (C=N–C) groups is 1. The minimum Gasteiger partial charge on any atom is -0.513 e. The number of rotatable bonds is 11. The van der Waals surface area contributed by atoms with Gasteiger partial charge in [-0.1, -0.05) is 6.92 Å². The smallest absolute Gasteiger partial charge is 0.159 e. The number of aliphatic hydroxyl groups is 1. The summed E-state index contributed by atoms with van der Waals surface area (Å²) in [6.45, 7) is 13.9. The van der Waals surface area contributed by atoms with Crippen molar-refractivity contribution in [1.82, 2.24) is 20.5 Å². The first-order valence-corrected chi connectivity index (χ1v) is 18.4. The number of allylic oxidation sites excluding steroid dienone is 2. The summed E-state index contributed by atoms with van der Waals surface area (Å²) < 4.78 is 41.7. The molecule has 15 heteroatoms. The first-order valence-electron chi connectivity index (χ1n) is 17.0. The molecule has 2 aromatic rings. The summed E-state index contributed by atoms with van der Waals surface area (Å²) in [5, 5.41) is 34.7. The third kappa shape index (κ3) is 7.80. The number of thiophene rings is 1. The van der Waals surface area contributed by atoms with Crippen LogP contribution in [0.2, 0.25) is 0 Å². The molecule has 6 rings (SSSR count). The summed E-state index contributed by atoms with van der Waals surface area (Å²) in [6, 6.07) is 1.64. The molecule has 0 amide bonds. The summed E-state index contributed by atoms with van der Waals surface area (Å²) in [6.07, 6.45) is 3.67. The standard InChI is InChI=1S/C30H35F2N8O2PS.C6H12O/c1-15(34)8-38-29(36-2)23-19-12-41-11-18(19)21(24-22-17(7-33)28(35)44-27(22)20(32)9-37-24)26(43)25(23)39-14-42-13-30-4-3-5-40(30)10-16(31)6-30;1-4-5(2)6(3)7/h9,16,25,34,38-39H,2-6,8,10-14,35,43H2,1H3;7H,4H2,1-3H3/b29-23+,34-15?;6-5+. The van der Waals surface area contributed by atoms with E-state index < -0.39 is 18.0 Å². The van der Waals surface area contributed by atoms with E-state index in [1.165, 1.54) is 0 Å². The summed E-state index contributed by atoms with van der Waals surface area (Å²) in [5.74, 6) is 0.413. The summed E-state index contributed by atoms with van der Waals surface area (Å²) >= 11 is 1.02.